The van der Waals surface area contributed by atoms with Gasteiger partial charge in [-0.15, -0.1) is 0 Å². The number of rotatable bonds is 9. The van der Waals surface area contributed by atoms with Crippen molar-refractivity contribution in [1.29, 1.82) is 0 Å². The first-order valence-corrected chi connectivity index (χ1v) is 6.22. The predicted octanol–water partition coefficient (Wildman–Crippen LogP) is 0.0519. The molecule has 1 aromatic rings. The van der Waals surface area contributed by atoms with Crippen molar-refractivity contribution in [1.82, 2.24) is 15.0 Å². The summed E-state index contributed by atoms with van der Waals surface area (Å²) in [6, 6.07) is 0.210. The zero-order chi connectivity index (χ0) is 14.1. The molecule has 0 aliphatic rings. The minimum Gasteiger partial charge on any atom is -0.461 e. The summed E-state index contributed by atoms with van der Waals surface area (Å²) in [5.41, 5.74) is 5.57. The molecule has 108 valence electrons. The number of anilines is 2. The molecule has 0 bridgehead atoms. The van der Waals surface area contributed by atoms with Gasteiger partial charge in [0.25, 0.3) is 0 Å². The molecule has 0 saturated carbocycles. The van der Waals surface area contributed by atoms with Crippen molar-refractivity contribution in [3.8, 4) is 6.01 Å². The van der Waals surface area contributed by atoms with E-state index >= 15 is 0 Å². The van der Waals surface area contributed by atoms with Crippen LogP contribution in [0.25, 0.3) is 0 Å². The van der Waals surface area contributed by atoms with E-state index in [1.165, 1.54) is 0 Å². The standard InChI is InChI=1S/C11H21N5O3/c1-8(2)19-11-15-9(12)14-10(16-11)13-4-3-6-18-7-5-17/h8,17H,3-7H2,1-2H3,(H3,12,13,14,15,16). The molecule has 1 rings (SSSR count). The van der Waals surface area contributed by atoms with Crippen LogP contribution < -0.4 is 15.8 Å². The third kappa shape index (κ3) is 6.73. The SMILES string of the molecule is CC(C)Oc1nc(N)nc(NCCCOCCO)n1. The summed E-state index contributed by atoms with van der Waals surface area (Å²) in [5.74, 6) is 0.495. The molecule has 8 nitrogen and oxygen atoms in total. The first-order valence-electron chi connectivity index (χ1n) is 6.22. The summed E-state index contributed by atoms with van der Waals surface area (Å²) in [4.78, 5) is 11.9. The lowest BCUT2D eigenvalue weighted by atomic mass is 10.4. The molecule has 0 aliphatic carbocycles. The van der Waals surface area contributed by atoms with Gasteiger partial charge in [-0.05, 0) is 20.3 Å². The van der Waals surface area contributed by atoms with Crippen LogP contribution in [0.3, 0.4) is 0 Å². The maximum atomic E-state index is 8.54. The fourth-order valence-electron chi connectivity index (χ4n) is 1.26. The summed E-state index contributed by atoms with van der Waals surface area (Å²) < 4.78 is 10.5. The van der Waals surface area contributed by atoms with Gasteiger partial charge >= 0.3 is 6.01 Å². The summed E-state index contributed by atoms with van der Waals surface area (Å²) in [6.45, 7) is 5.34. The summed E-state index contributed by atoms with van der Waals surface area (Å²) in [5, 5.41) is 11.5. The van der Waals surface area contributed by atoms with Gasteiger partial charge in [-0.25, -0.2) is 0 Å². The van der Waals surface area contributed by atoms with Crippen LogP contribution in [0.5, 0.6) is 6.01 Å². The minimum atomic E-state index is -0.0264. The van der Waals surface area contributed by atoms with Gasteiger partial charge < -0.3 is 25.6 Å². The molecule has 8 heteroatoms. The number of aliphatic hydroxyl groups excluding tert-OH is 1. The van der Waals surface area contributed by atoms with Crippen LogP contribution in [-0.4, -0.2) is 52.5 Å². The second kappa shape index (κ2) is 8.44. The Morgan fingerprint density at radius 1 is 1.26 bits per heavy atom. The van der Waals surface area contributed by atoms with Crippen LogP contribution >= 0.6 is 0 Å². The highest BCUT2D eigenvalue weighted by atomic mass is 16.5. The summed E-state index contributed by atoms with van der Waals surface area (Å²) >= 11 is 0. The van der Waals surface area contributed by atoms with Crippen LogP contribution in [0.1, 0.15) is 20.3 Å². The Bertz CT molecular complexity index is 375. The largest absolute Gasteiger partial charge is 0.461 e. The van der Waals surface area contributed by atoms with Crippen molar-refractivity contribution in [3.05, 3.63) is 0 Å². The number of nitrogen functional groups attached to an aromatic ring is 1. The van der Waals surface area contributed by atoms with E-state index in [0.29, 0.717) is 25.7 Å². The number of aromatic nitrogens is 3. The highest BCUT2D eigenvalue weighted by Crippen LogP contribution is 2.10. The third-order valence-electron chi connectivity index (χ3n) is 1.96. The van der Waals surface area contributed by atoms with Gasteiger partial charge in [-0.3, -0.25) is 0 Å². The van der Waals surface area contributed by atoms with Crippen molar-refractivity contribution >= 4 is 11.9 Å². The zero-order valence-corrected chi connectivity index (χ0v) is 11.3. The van der Waals surface area contributed by atoms with Crippen LogP contribution in [0.4, 0.5) is 11.9 Å². The van der Waals surface area contributed by atoms with Crippen LogP contribution in [0.2, 0.25) is 0 Å². The molecule has 0 aromatic carbocycles. The molecule has 0 aliphatic heterocycles. The average Bonchev–Trinajstić information content (AvgIpc) is 2.32. The zero-order valence-electron chi connectivity index (χ0n) is 11.3. The number of hydrogen-bond acceptors (Lipinski definition) is 8. The normalized spacial score (nSPS) is 10.7. The Labute approximate surface area is 112 Å². The number of hydrogen-bond donors (Lipinski definition) is 3. The number of aliphatic hydroxyl groups is 1. The van der Waals surface area contributed by atoms with E-state index in [2.05, 4.69) is 20.3 Å². The van der Waals surface area contributed by atoms with E-state index in [9.17, 15) is 0 Å². The number of nitrogens with zero attached hydrogens (tertiary/aromatic N) is 3. The molecule has 0 atom stereocenters. The molecular weight excluding hydrogens is 250 g/mol. The lowest BCUT2D eigenvalue weighted by Gasteiger charge is -2.10. The molecule has 0 spiro atoms. The van der Waals surface area contributed by atoms with Gasteiger partial charge in [-0.2, -0.15) is 15.0 Å². The van der Waals surface area contributed by atoms with Gasteiger partial charge in [0, 0.05) is 13.2 Å². The van der Waals surface area contributed by atoms with Crippen molar-refractivity contribution < 1.29 is 14.6 Å². The number of ether oxygens (including phenoxy) is 2. The molecule has 1 heterocycles. The van der Waals surface area contributed by atoms with E-state index in [1.54, 1.807) is 0 Å². The van der Waals surface area contributed by atoms with Gasteiger partial charge in [0.1, 0.15) is 0 Å². The monoisotopic (exact) mass is 271 g/mol. The topological polar surface area (TPSA) is 115 Å². The predicted molar refractivity (Wildman–Crippen MR) is 71.0 cm³/mol. The maximum Gasteiger partial charge on any atom is 0.323 e. The highest BCUT2D eigenvalue weighted by molar-refractivity contribution is 5.32. The Kier molecular flexibility index (Phi) is 6.83. The molecule has 0 unspecified atom stereocenters. The number of nitrogens with one attached hydrogen (secondary N) is 1. The average molecular weight is 271 g/mol. The summed E-state index contributed by atoms with van der Waals surface area (Å²) in [7, 11) is 0. The second-order valence-electron chi connectivity index (χ2n) is 4.08. The molecule has 1 aromatic heterocycles. The molecular formula is C11H21N5O3. The molecule has 0 saturated heterocycles. The van der Waals surface area contributed by atoms with Crippen molar-refractivity contribution in [2.75, 3.05) is 37.4 Å². The van der Waals surface area contributed by atoms with Gasteiger partial charge in [0.15, 0.2) is 0 Å². The first kappa shape index (κ1) is 15.4. The van der Waals surface area contributed by atoms with Crippen molar-refractivity contribution in [2.24, 2.45) is 0 Å². The number of nitrogens with two attached hydrogens (primary N) is 1. The van der Waals surface area contributed by atoms with Gasteiger partial charge in [-0.1, -0.05) is 0 Å². The maximum absolute atomic E-state index is 8.54. The van der Waals surface area contributed by atoms with Gasteiger partial charge in [0.05, 0.1) is 19.3 Å². The molecule has 0 radical (unpaired) electrons. The first-order chi connectivity index (χ1) is 9.11. The molecule has 0 fully saturated rings. The highest BCUT2D eigenvalue weighted by Gasteiger charge is 2.06. The van der Waals surface area contributed by atoms with Crippen LogP contribution in [-0.2, 0) is 4.74 Å². The third-order valence-corrected chi connectivity index (χ3v) is 1.96. The molecule has 0 amide bonds. The van der Waals surface area contributed by atoms with E-state index in [4.69, 9.17) is 20.3 Å². The van der Waals surface area contributed by atoms with E-state index in [-0.39, 0.29) is 24.7 Å². The Morgan fingerprint density at radius 2 is 2.05 bits per heavy atom. The fourth-order valence-corrected chi connectivity index (χ4v) is 1.26. The Balaban J connectivity index is 2.38. The van der Waals surface area contributed by atoms with E-state index in [0.717, 1.165) is 6.42 Å². The molecule has 4 N–H and O–H groups in total. The minimum absolute atomic E-state index is 0.0264. The van der Waals surface area contributed by atoms with Crippen molar-refractivity contribution in [2.45, 2.75) is 26.4 Å². The summed E-state index contributed by atoms with van der Waals surface area (Å²) in [6.07, 6.45) is 0.743. The lowest BCUT2D eigenvalue weighted by Crippen LogP contribution is -2.14. The van der Waals surface area contributed by atoms with Gasteiger partial charge in [0.2, 0.25) is 11.9 Å². The van der Waals surface area contributed by atoms with Crippen molar-refractivity contribution in [3.63, 3.8) is 0 Å². The second-order valence-corrected chi connectivity index (χ2v) is 4.08. The van der Waals surface area contributed by atoms with Crippen LogP contribution in [0, 0.1) is 0 Å². The Morgan fingerprint density at radius 3 is 2.74 bits per heavy atom. The quantitative estimate of drug-likeness (QED) is 0.540. The fraction of sp³-hybridized carbons (Fsp3) is 0.727. The van der Waals surface area contributed by atoms with Crippen LogP contribution in [0.15, 0.2) is 0 Å². The van der Waals surface area contributed by atoms with E-state index in [1.807, 2.05) is 13.8 Å². The smallest absolute Gasteiger partial charge is 0.323 e. The lowest BCUT2D eigenvalue weighted by molar-refractivity contribution is 0.0921. The Hall–Kier alpha value is -1.67. The van der Waals surface area contributed by atoms with E-state index < -0.39 is 0 Å². The molecule has 19 heavy (non-hydrogen) atoms.